The number of fused-ring (bicyclic) bond motifs is 1. The summed E-state index contributed by atoms with van der Waals surface area (Å²) in [7, 11) is 0. The third kappa shape index (κ3) is 2.98. The number of rotatable bonds is 4. The second-order valence-corrected chi connectivity index (χ2v) is 7.08. The van der Waals surface area contributed by atoms with Crippen LogP contribution in [0.5, 0.6) is 0 Å². The van der Waals surface area contributed by atoms with Gasteiger partial charge in [0.1, 0.15) is 11.8 Å². The van der Waals surface area contributed by atoms with E-state index in [-0.39, 0.29) is 12.0 Å². The number of nitrogens with zero attached hydrogens (tertiary/aromatic N) is 4. The number of aliphatic hydroxyl groups is 1. The molecule has 3 aromatic rings. The number of aliphatic hydroxyl groups excluding tert-OH is 1. The van der Waals surface area contributed by atoms with Gasteiger partial charge in [-0.25, -0.2) is 15.0 Å². The molecule has 25 heavy (non-hydrogen) atoms. The monoisotopic (exact) mass is 337 g/mol. The fraction of sp³-hybridized carbons (Fsp3) is 0.421. The van der Waals surface area contributed by atoms with E-state index in [1.54, 1.807) is 12.7 Å². The summed E-state index contributed by atoms with van der Waals surface area (Å²) in [5.41, 5.74) is 4.00. The predicted molar refractivity (Wildman–Crippen MR) is 97.5 cm³/mol. The molecule has 1 atom stereocenters. The number of nitrogens with one attached hydrogen (secondary N) is 1. The number of piperidine rings is 1. The Bertz CT molecular complexity index is 877. The van der Waals surface area contributed by atoms with Crippen molar-refractivity contribution in [2.45, 2.75) is 26.2 Å². The van der Waals surface area contributed by atoms with E-state index in [9.17, 15) is 5.11 Å². The summed E-state index contributed by atoms with van der Waals surface area (Å²) in [6.45, 7) is 4.03. The van der Waals surface area contributed by atoms with Gasteiger partial charge in [-0.3, -0.25) is 0 Å². The van der Waals surface area contributed by atoms with Crippen molar-refractivity contribution in [2.24, 2.45) is 5.41 Å². The first-order valence-electron chi connectivity index (χ1n) is 8.75. The van der Waals surface area contributed by atoms with Crippen LogP contribution in [0.3, 0.4) is 0 Å². The maximum Gasteiger partial charge on any atom is 0.182 e. The van der Waals surface area contributed by atoms with Crippen LogP contribution in [0, 0.1) is 12.3 Å². The highest BCUT2D eigenvalue weighted by molar-refractivity contribution is 5.82. The molecule has 3 heterocycles. The molecule has 0 aliphatic carbocycles. The van der Waals surface area contributed by atoms with E-state index in [0.717, 1.165) is 43.7 Å². The van der Waals surface area contributed by atoms with Crippen molar-refractivity contribution < 1.29 is 5.11 Å². The summed E-state index contributed by atoms with van der Waals surface area (Å²) < 4.78 is 0. The quantitative estimate of drug-likeness (QED) is 0.765. The Morgan fingerprint density at radius 3 is 2.96 bits per heavy atom. The van der Waals surface area contributed by atoms with E-state index < -0.39 is 0 Å². The summed E-state index contributed by atoms with van der Waals surface area (Å²) in [6.07, 6.45) is 6.15. The largest absolute Gasteiger partial charge is 0.396 e. The van der Waals surface area contributed by atoms with Gasteiger partial charge in [-0.05, 0) is 37.3 Å². The molecule has 1 unspecified atom stereocenters. The Morgan fingerprint density at radius 1 is 1.24 bits per heavy atom. The van der Waals surface area contributed by atoms with Crippen LogP contribution in [0.4, 0.5) is 5.82 Å². The molecular formula is C19H23N5O. The Labute approximate surface area is 147 Å². The fourth-order valence-electron chi connectivity index (χ4n) is 3.92. The zero-order valence-electron chi connectivity index (χ0n) is 14.4. The van der Waals surface area contributed by atoms with Crippen LogP contribution in [-0.4, -0.2) is 44.7 Å². The van der Waals surface area contributed by atoms with Crippen LogP contribution in [0.25, 0.3) is 11.2 Å². The Kier molecular flexibility index (Phi) is 4.13. The lowest BCUT2D eigenvalue weighted by molar-refractivity contribution is 0.105. The van der Waals surface area contributed by atoms with E-state index in [1.807, 2.05) is 0 Å². The maximum atomic E-state index is 10.3. The van der Waals surface area contributed by atoms with Crippen molar-refractivity contribution in [3.05, 3.63) is 48.0 Å². The molecular weight excluding hydrogens is 314 g/mol. The van der Waals surface area contributed by atoms with Crippen LogP contribution in [-0.2, 0) is 6.42 Å². The average molecular weight is 337 g/mol. The van der Waals surface area contributed by atoms with Crippen molar-refractivity contribution in [1.82, 2.24) is 19.9 Å². The number of hydrogen-bond donors (Lipinski definition) is 2. The van der Waals surface area contributed by atoms with Crippen LogP contribution in [0.1, 0.15) is 24.0 Å². The molecule has 130 valence electrons. The minimum atomic E-state index is -0.151. The molecule has 1 aliphatic heterocycles. The van der Waals surface area contributed by atoms with Gasteiger partial charge in [0.15, 0.2) is 11.5 Å². The first-order chi connectivity index (χ1) is 12.2. The molecule has 2 aromatic heterocycles. The number of imidazole rings is 1. The number of aromatic amines is 1. The van der Waals surface area contributed by atoms with Crippen molar-refractivity contribution in [3.8, 4) is 0 Å². The Morgan fingerprint density at radius 2 is 2.12 bits per heavy atom. The summed E-state index contributed by atoms with van der Waals surface area (Å²) in [5.74, 6) is 0.879. The Balaban J connectivity index is 1.64. The van der Waals surface area contributed by atoms with E-state index in [4.69, 9.17) is 0 Å². The Hall–Kier alpha value is -2.47. The molecule has 0 bridgehead atoms. The van der Waals surface area contributed by atoms with Gasteiger partial charge in [0.05, 0.1) is 12.9 Å². The molecule has 0 radical (unpaired) electrons. The van der Waals surface area contributed by atoms with Crippen LogP contribution in [0.15, 0.2) is 36.9 Å². The van der Waals surface area contributed by atoms with Crippen molar-refractivity contribution >= 4 is 17.0 Å². The number of anilines is 1. The number of aromatic nitrogens is 4. The van der Waals surface area contributed by atoms with Gasteiger partial charge in [-0.1, -0.05) is 24.3 Å². The SMILES string of the molecule is Cc1ccccc1CC1(CO)CCCN(c2ncnc3nc[nH]c23)C1. The van der Waals surface area contributed by atoms with E-state index in [0.29, 0.717) is 5.65 Å². The third-order valence-electron chi connectivity index (χ3n) is 5.33. The molecule has 4 rings (SSSR count). The highest BCUT2D eigenvalue weighted by atomic mass is 16.3. The fourth-order valence-corrected chi connectivity index (χ4v) is 3.92. The van der Waals surface area contributed by atoms with Gasteiger partial charge < -0.3 is 15.0 Å². The molecule has 1 saturated heterocycles. The lowest BCUT2D eigenvalue weighted by Crippen LogP contribution is -2.47. The second kappa shape index (κ2) is 6.44. The molecule has 1 aromatic carbocycles. The van der Waals surface area contributed by atoms with Crippen molar-refractivity contribution in [2.75, 3.05) is 24.6 Å². The third-order valence-corrected chi connectivity index (χ3v) is 5.33. The standard InChI is InChI=1S/C19H23N5O/c1-14-5-2-3-6-15(14)9-19(11-25)7-4-8-24(10-19)18-16-17(21-12-20-16)22-13-23-18/h2-3,5-6,12-13,25H,4,7-11H2,1H3,(H,20,21,22,23). The molecule has 0 amide bonds. The second-order valence-electron chi connectivity index (χ2n) is 7.08. The summed E-state index contributed by atoms with van der Waals surface area (Å²) in [6, 6.07) is 8.45. The van der Waals surface area contributed by atoms with Gasteiger partial charge >= 0.3 is 0 Å². The van der Waals surface area contributed by atoms with Gasteiger partial charge in [-0.2, -0.15) is 0 Å². The topological polar surface area (TPSA) is 77.9 Å². The summed E-state index contributed by atoms with van der Waals surface area (Å²) in [5, 5.41) is 10.3. The summed E-state index contributed by atoms with van der Waals surface area (Å²) in [4.78, 5) is 18.3. The van der Waals surface area contributed by atoms with E-state index in [2.05, 4.69) is 56.0 Å². The first kappa shape index (κ1) is 16.0. The van der Waals surface area contributed by atoms with E-state index in [1.165, 1.54) is 11.1 Å². The molecule has 6 heteroatoms. The zero-order chi connectivity index (χ0) is 17.3. The van der Waals surface area contributed by atoms with Crippen LogP contribution in [0.2, 0.25) is 0 Å². The highest BCUT2D eigenvalue weighted by Gasteiger charge is 2.36. The first-order valence-corrected chi connectivity index (χ1v) is 8.75. The number of benzene rings is 1. The number of hydrogen-bond acceptors (Lipinski definition) is 5. The minimum absolute atomic E-state index is 0.151. The predicted octanol–water partition coefficient (Wildman–Crippen LogP) is 2.48. The molecule has 6 nitrogen and oxygen atoms in total. The molecule has 0 saturated carbocycles. The molecule has 1 aliphatic rings. The van der Waals surface area contributed by atoms with Gasteiger partial charge in [0, 0.05) is 18.5 Å². The smallest absolute Gasteiger partial charge is 0.182 e. The van der Waals surface area contributed by atoms with E-state index >= 15 is 0 Å². The minimum Gasteiger partial charge on any atom is -0.396 e. The van der Waals surface area contributed by atoms with Crippen molar-refractivity contribution in [3.63, 3.8) is 0 Å². The zero-order valence-corrected chi connectivity index (χ0v) is 14.4. The van der Waals surface area contributed by atoms with Gasteiger partial charge in [-0.15, -0.1) is 0 Å². The van der Waals surface area contributed by atoms with Gasteiger partial charge in [0.2, 0.25) is 0 Å². The number of aryl methyl sites for hydroxylation is 1. The van der Waals surface area contributed by atoms with Crippen LogP contribution < -0.4 is 4.90 Å². The van der Waals surface area contributed by atoms with Crippen molar-refractivity contribution in [1.29, 1.82) is 0 Å². The molecule has 1 fully saturated rings. The normalized spacial score (nSPS) is 21.0. The van der Waals surface area contributed by atoms with Crippen LogP contribution >= 0.6 is 0 Å². The lowest BCUT2D eigenvalue weighted by Gasteiger charge is -2.42. The average Bonchev–Trinajstić information content (AvgIpc) is 3.13. The molecule has 0 spiro atoms. The maximum absolute atomic E-state index is 10.3. The van der Waals surface area contributed by atoms with Gasteiger partial charge in [0.25, 0.3) is 0 Å². The lowest BCUT2D eigenvalue weighted by atomic mass is 9.75. The number of H-pyrrole nitrogens is 1. The highest BCUT2D eigenvalue weighted by Crippen LogP contribution is 2.36. The molecule has 2 N–H and O–H groups in total. The summed E-state index contributed by atoms with van der Waals surface area (Å²) >= 11 is 0.